The highest BCUT2D eigenvalue weighted by molar-refractivity contribution is 5.88. The van der Waals surface area contributed by atoms with Gasteiger partial charge in [0.05, 0.1) is 0 Å². The van der Waals surface area contributed by atoms with E-state index in [2.05, 4.69) is 24.2 Å². The van der Waals surface area contributed by atoms with Gasteiger partial charge in [0.2, 0.25) is 5.91 Å². The third kappa shape index (κ3) is 4.94. The van der Waals surface area contributed by atoms with Crippen LogP contribution in [0.15, 0.2) is 4.99 Å². The molecule has 0 spiro atoms. The number of likely N-dealkylation sites (tertiary alicyclic amines) is 1. The Kier molecular flexibility index (Phi) is 5.95. The molecule has 104 valence electrons. The van der Waals surface area contributed by atoms with Crippen LogP contribution in [0.4, 0.5) is 0 Å². The van der Waals surface area contributed by atoms with Crippen LogP contribution in [0.3, 0.4) is 0 Å². The second-order valence-electron chi connectivity index (χ2n) is 5.37. The molecule has 0 aromatic heterocycles. The highest BCUT2D eigenvalue weighted by Crippen LogP contribution is 2.09. The van der Waals surface area contributed by atoms with E-state index in [1.165, 1.54) is 6.42 Å². The Labute approximate surface area is 110 Å². The van der Waals surface area contributed by atoms with Gasteiger partial charge in [0, 0.05) is 19.6 Å². The predicted molar refractivity (Wildman–Crippen MR) is 74.4 cm³/mol. The summed E-state index contributed by atoms with van der Waals surface area (Å²) in [6.07, 6.45) is 3.44. The van der Waals surface area contributed by atoms with E-state index < -0.39 is 0 Å². The predicted octanol–water partition coefficient (Wildman–Crippen LogP) is 0.948. The van der Waals surface area contributed by atoms with Crippen LogP contribution >= 0.6 is 0 Å². The Hall–Kier alpha value is -1.26. The van der Waals surface area contributed by atoms with E-state index in [1.807, 2.05) is 11.8 Å². The number of nitrogens with two attached hydrogens (primary N) is 1. The minimum atomic E-state index is -0.293. The number of rotatable bonds is 4. The molecule has 0 radical (unpaired) electrons. The molecule has 5 nitrogen and oxygen atoms in total. The molecule has 3 N–H and O–H groups in total. The average molecular weight is 254 g/mol. The first kappa shape index (κ1) is 14.8. The van der Waals surface area contributed by atoms with Gasteiger partial charge in [-0.15, -0.1) is 0 Å². The molecule has 1 aliphatic rings. The molecule has 1 saturated heterocycles. The fourth-order valence-electron chi connectivity index (χ4n) is 2.00. The lowest BCUT2D eigenvalue weighted by Gasteiger charge is -2.29. The Bertz CT molecular complexity index is 295. The summed E-state index contributed by atoms with van der Waals surface area (Å²) in [5.74, 6) is 0.956. The van der Waals surface area contributed by atoms with Gasteiger partial charge < -0.3 is 16.0 Å². The summed E-state index contributed by atoms with van der Waals surface area (Å²) >= 11 is 0. The van der Waals surface area contributed by atoms with Crippen LogP contribution in [0.1, 0.15) is 40.0 Å². The molecule has 0 aromatic carbocycles. The number of amides is 1. The zero-order valence-electron chi connectivity index (χ0n) is 11.8. The zero-order valence-corrected chi connectivity index (χ0v) is 11.8. The maximum Gasteiger partial charge on any atom is 0.244 e. The maximum absolute atomic E-state index is 12.1. The van der Waals surface area contributed by atoms with Crippen molar-refractivity contribution in [2.24, 2.45) is 16.6 Å². The van der Waals surface area contributed by atoms with Gasteiger partial charge in [0.25, 0.3) is 0 Å². The molecule has 1 unspecified atom stereocenters. The molecule has 0 bridgehead atoms. The minimum Gasteiger partial charge on any atom is -0.370 e. The molecule has 18 heavy (non-hydrogen) atoms. The lowest BCUT2D eigenvalue weighted by molar-refractivity contribution is -0.133. The Morgan fingerprint density at radius 2 is 1.89 bits per heavy atom. The van der Waals surface area contributed by atoms with E-state index >= 15 is 0 Å². The summed E-state index contributed by atoms with van der Waals surface area (Å²) in [6.45, 7) is 8.43. The van der Waals surface area contributed by atoms with Crippen molar-refractivity contribution >= 4 is 11.9 Å². The number of piperidine rings is 1. The maximum atomic E-state index is 12.1. The number of nitrogens with zero attached hydrogens (tertiary/aromatic N) is 2. The van der Waals surface area contributed by atoms with Crippen molar-refractivity contribution in [3.63, 3.8) is 0 Å². The normalized spacial score (nSPS) is 18.9. The van der Waals surface area contributed by atoms with Crippen LogP contribution in [-0.4, -0.2) is 42.4 Å². The van der Waals surface area contributed by atoms with Crippen molar-refractivity contribution in [2.45, 2.75) is 46.1 Å². The molecule has 1 atom stereocenters. The fourth-order valence-corrected chi connectivity index (χ4v) is 2.00. The molecule has 1 aliphatic heterocycles. The van der Waals surface area contributed by atoms with Gasteiger partial charge in [-0.3, -0.25) is 9.79 Å². The van der Waals surface area contributed by atoms with Crippen LogP contribution in [0, 0.1) is 5.92 Å². The highest BCUT2D eigenvalue weighted by atomic mass is 16.2. The van der Waals surface area contributed by atoms with E-state index in [-0.39, 0.29) is 11.9 Å². The van der Waals surface area contributed by atoms with Gasteiger partial charge in [-0.1, -0.05) is 13.8 Å². The number of aliphatic imine (C=N–C) groups is 1. The van der Waals surface area contributed by atoms with E-state index in [9.17, 15) is 4.79 Å². The topological polar surface area (TPSA) is 70.7 Å². The van der Waals surface area contributed by atoms with Crippen molar-refractivity contribution < 1.29 is 4.79 Å². The summed E-state index contributed by atoms with van der Waals surface area (Å²) < 4.78 is 0. The first-order valence-electron chi connectivity index (χ1n) is 6.86. The number of carbonyl (C=O) groups is 1. The van der Waals surface area contributed by atoms with Crippen LogP contribution in [0.2, 0.25) is 0 Å². The van der Waals surface area contributed by atoms with Crippen LogP contribution in [0.5, 0.6) is 0 Å². The Balaban J connectivity index is 2.41. The first-order chi connectivity index (χ1) is 8.50. The summed E-state index contributed by atoms with van der Waals surface area (Å²) in [4.78, 5) is 18.2. The van der Waals surface area contributed by atoms with E-state index in [1.54, 1.807) is 0 Å². The van der Waals surface area contributed by atoms with E-state index in [0.717, 1.165) is 25.9 Å². The Morgan fingerprint density at radius 3 is 2.44 bits per heavy atom. The second-order valence-corrected chi connectivity index (χ2v) is 5.37. The number of carbonyl (C=O) groups excluding carboxylic acids is 1. The first-order valence-corrected chi connectivity index (χ1v) is 6.86. The summed E-state index contributed by atoms with van der Waals surface area (Å²) in [7, 11) is 0. The molecule has 1 amide bonds. The molecule has 0 aromatic rings. The minimum absolute atomic E-state index is 0.123. The van der Waals surface area contributed by atoms with E-state index in [4.69, 9.17) is 5.73 Å². The second kappa shape index (κ2) is 7.24. The smallest absolute Gasteiger partial charge is 0.244 e. The molecular formula is C13H26N4O. The zero-order chi connectivity index (χ0) is 13.5. The highest BCUT2D eigenvalue weighted by Gasteiger charge is 2.22. The van der Waals surface area contributed by atoms with Crippen LogP contribution in [0.25, 0.3) is 0 Å². The fraction of sp³-hybridized carbons (Fsp3) is 0.846. The third-order valence-corrected chi connectivity index (χ3v) is 3.03. The van der Waals surface area contributed by atoms with Gasteiger partial charge >= 0.3 is 0 Å². The summed E-state index contributed by atoms with van der Waals surface area (Å²) in [6, 6.07) is -0.293. The quantitative estimate of drug-likeness (QED) is 0.579. The van der Waals surface area contributed by atoms with Crippen LogP contribution < -0.4 is 11.1 Å². The molecular weight excluding hydrogens is 228 g/mol. The van der Waals surface area contributed by atoms with Gasteiger partial charge in [-0.05, 0) is 32.1 Å². The van der Waals surface area contributed by atoms with Crippen LogP contribution in [-0.2, 0) is 4.79 Å². The van der Waals surface area contributed by atoms with Crippen molar-refractivity contribution in [1.29, 1.82) is 0 Å². The molecule has 1 rings (SSSR count). The van der Waals surface area contributed by atoms with Crippen molar-refractivity contribution in [2.75, 3.05) is 19.6 Å². The molecule has 5 heteroatoms. The van der Waals surface area contributed by atoms with Crippen molar-refractivity contribution in [3.8, 4) is 0 Å². The monoisotopic (exact) mass is 254 g/mol. The molecule has 0 aliphatic carbocycles. The molecule has 1 fully saturated rings. The van der Waals surface area contributed by atoms with Gasteiger partial charge in [0.15, 0.2) is 5.96 Å². The number of guanidine groups is 1. The number of hydrogen-bond acceptors (Lipinski definition) is 2. The van der Waals surface area contributed by atoms with Gasteiger partial charge in [0.1, 0.15) is 6.04 Å². The van der Waals surface area contributed by atoms with E-state index in [0.29, 0.717) is 18.4 Å². The van der Waals surface area contributed by atoms with Gasteiger partial charge in [-0.2, -0.15) is 0 Å². The summed E-state index contributed by atoms with van der Waals surface area (Å²) in [5.41, 5.74) is 5.76. The Morgan fingerprint density at radius 1 is 1.28 bits per heavy atom. The largest absolute Gasteiger partial charge is 0.370 e. The number of hydrogen-bond donors (Lipinski definition) is 2. The van der Waals surface area contributed by atoms with Gasteiger partial charge in [-0.25, -0.2) is 0 Å². The molecule has 0 saturated carbocycles. The molecule has 1 heterocycles. The average Bonchev–Trinajstić information content (AvgIpc) is 2.36. The lowest BCUT2D eigenvalue weighted by atomic mass is 10.1. The number of nitrogens with one attached hydrogen (secondary N) is 1. The third-order valence-electron chi connectivity index (χ3n) is 3.03. The lowest BCUT2D eigenvalue weighted by Crippen LogP contribution is -2.50. The SMILES string of the molecule is CC(C)CN=C(N)NC(C)C(=O)N1CCCCC1. The van der Waals surface area contributed by atoms with Crippen molar-refractivity contribution in [3.05, 3.63) is 0 Å². The summed E-state index contributed by atoms with van der Waals surface area (Å²) in [5, 5.41) is 2.97. The standard InChI is InChI=1S/C13H26N4O/c1-10(2)9-15-13(14)16-11(3)12(18)17-7-5-4-6-8-17/h10-11H,4-9H2,1-3H3,(H3,14,15,16). The van der Waals surface area contributed by atoms with Crippen molar-refractivity contribution in [1.82, 2.24) is 10.2 Å².